The second-order valence-electron chi connectivity index (χ2n) is 5.86. The minimum atomic E-state index is -0.897. The molecular weight excluding hydrogens is 224 g/mol. The zero-order chi connectivity index (χ0) is 12.6. The van der Waals surface area contributed by atoms with Crippen molar-refractivity contribution in [2.75, 3.05) is 19.6 Å². The number of fused-ring (bicyclic) bond motifs is 2. The molecule has 98 valence electrons. The molecule has 1 saturated heterocycles. The lowest BCUT2D eigenvalue weighted by Gasteiger charge is -2.36. The molecular formula is C15H22N2O. The second kappa shape index (κ2) is 4.65. The molecule has 0 amide bonds. The third kappa shape index (κ3) is 2.07. The number of rotatable bonds is 4. The molecule has 1 heterocycles. The number of nitrogens with two attached hydrogens (primary N) is 1. The van der Waals surface area contributed by atoms with Gasteiger partial charge in [0, 0.05) is 25.7 Å². The van der Waals surface area contributed by atoms with Gasteiger partial charge < -0.3 is 10.8 Å². The molecule has 18 heavy (non-hydrogen) atoms. The smallest absolute Gasteiger partial charge is 0.114 e. The zero-order valence-corrected chi connectivity index (χ0v) is 10.8. The molecule has 1 aliphatic carbocycles. The van der Waals surface area contributed by atoms with Crippen molar-refractivity contribution in [1.82, 2.24) is 4.90 Å². The second-order valence-corrected chi connectivity index (χ2v) is 5.86. The first-order valence-electron chi connectivity index (χ1n) is 6.93. The van der Waals surface area contributed by atoms with E-state index in [4.69, 9.17) is 5.73 Å². The number of piperidine rings is 1. The van der Waals surface area contributed by atoms with E-state index < -0.39 is 5.60 Å². The van der Waals surface area contributed by atoms with Gasteiger partial charge in [0.15, 0.2) is 0 Å². The molecule has 3 heteroatoms. The van der Waals surface area contributed by atoms with Crippen LogP contribution in [-0.4, -0.2) is 35.7 Å². The van der Waals surface area contributed by atoms with Crippen LogP contribution in [0.3, 0.4) is 0 Å². The summed E-state index contributed by atoms with van der Waals surface area (Å²) in [6.45, 7) is 2.10. The summed E-state index contributed by atoms with van der Waals surface area (Å²) >= 11 is 0. The van der Waals surface area contributed by atoms with Crippen LogP contribution in [0.2, 0.25) is 0 Å². The van der Waals surface area contributed by atoms with Gasteiger partial charge in [-0.2, -0.15) is 0 Å². The fourth-order valence-corrected chi connectivity index (χ4v) is 3.58. The van der Waals surface area contributed by atoms with Crippen LogP contribution in [0.25, 0.3) is 0 Å². The van der Waals surface area contributed by atoms with Crippen LogP contribution in [0, 0.1) is 5.92 Å². The Morgan fingerprint density at radius 3 is 2.61 bits per heavy atom. The monoisotopic (exact) mass is 246 g/mol. The van der Waals surface area contributed by atoms with Crippen molar-refractivity contribution >= 4 is 0 Å². The van der Waals surface area contributed by atoms with Crippen LogP contribution in [0.1, 0.15) is 24.8 Å². The van der Waals surface area contributed by atoms with Crippen molar-refractivity contribution < 1.29 is 5.11 Å². The molecule has 1 saturated carbocycles. The third-order valence-electron chi connectivity index (χ3n) is 4.64. The molecule has 3 atom stereocenters. The molecule has 1 aromatic rings. The minimum Gasteiger partial charge on any atom is -0.382 e. The summed E-state index contributed by atoms with van der Waals surface area (Å²) in [5.41, 5.74) is 5.88. The lowest BCUT2D eigenvalue weighted by molar-refractivity contribution is -0.00187. The quantitative estimate of drug-likeness (QED) is 0.842. The van der Waals surface area contributed by atoms with Gasteiger partial charge in [-0.25, -0.2) is 0 Å². The SMILES string of the molecule is NCC(O)(CN1CC2CCC1C2)c1ccccc1. The van der Waals surface area contributed by atoms with Crippen molar-refractivity contribution in [2.24, 2.45) is 11.7 Å². The van der Waals surface area contributed by atoms with Crippen LogP contribution in [0.4, 0.5) is 0 Å². The van der Waals surface area contributed by atoms with E-state index in [0.29, 0.717) is 12.6 Å². The van der Waals surface area contributed by atoms with Gasteiger partial charge in [0.2, 0.25) is 0 Å². The molecule has 3 N–H and O–H groups in total. The van der Waals surface area contributed by atoms with Crippen LogP contribution in [-0.2, 0) is 5.60 Å². The Bertz CT molecular complexity index is 408. The van der Waals surface area contributed by atoms with Crippen LogP contribution in [0.5, 0.6) is 0 Å². The highest BCUT2D eigenvalue weighted by molar-refractivity contribution is 5.23. The number of aliphatic hydroxyl groups is 1. The maximum atomic E-state index is 10.8. The van der Waals surface area contributed by atoms with E-state index >= 15 is 0 Å². The number of hydrogen-bond donors (Lipinski definition) is 2. The molecule has 0 aromatic heterocycles. The maximum absolute atomic E-state index is 10.8. The summed E-state index contributed by atoms with van der Waals surface area (Å²) in [5, 5.41) is 10.8. The first kappa shape index (κ1) is 12.2. The Labute approximate surface area is 109 Å². The Morgan fingerprint density at radius 2 is 2.06 bits per heavy atom. The van der Waals surface area contributed by atoms with Gasteiger partial charge in [0.25, 0.3) is 0 Å². The van der Waals surface area contributed by atoms with E-state index in [-0.39, 0.29) is 6.54 Å². The summed E-state index contributed by atoms with van der Waals surface area (Å²) in [6.07, 6.45) is 3.98. The highest BCUT2D eigenvalue weighted by atomic mass is 16.3. The van der Waals surface area contributed by atoms with E-state index in [1.807, 2.05) is 30.3 Å². The maximum Gasteiger partial charge on any atom is 0.114 e. The zero-order valence-electron chi connectivity index (χ0n) is 10.8. The molecule has 3 unspecified atom stereocenters. The predicted molar refractivity (Wildman–Crippen MR) is 72.1 cm³/mol. The Balaban J connectivity index is 1.76. The minimum absolute atomic E-state index is 0.283. The van der Waals surface area contributed by atoms with Gasteiger partial charge in [0.05, 0.1) is 0 Å². The number of nitrogens with zero attached hydrogens (tertiary/aromatic N) is 1. The fraction of sp³-hybridized carbons (Fsp3) is 0.600. The van der Waals surface area contributed by atoms with E-state index in [1.165, 1.54) is 19.3 Å². The highest BCUT2D eigenvalue weighted by Crippen LogP contribution is 2.38. The van der Waals surface area contributed by atoms with E-state index in [0.717, 1.165) is 18.0 Å². The standard InChI is InChI=1S/C15H22N2O/c16-10-15(18,13-4-2-1-3-5-13)11-17-9-12-6-7-14(17)8-12/h1-5,12,14,18H,6-11,16H2. The normalized spacial score (nSPS) is 30.6. The Kier molecular flexibility index (Phi) is 3.14. The van der Waals surface area contributed by atoms with Crippen molar-refractivity contribution in [3.63, 3.8) is 0 Å². The van der Waals surface area contributed by atoms with Crippen LogP contribution < -0.4 is 5.73 Å². The average molecular weight is 246 g/mol. The summed E-state index contributed by atoms with van der Waals surface area (Å²) < 4.78 is 0. The first-order valence-corrected chi connectivity index (χ1v) is 6.93. The van der Waals surface area contributed by atoms with E-state index in [2.05, 4.69) is 4.90 Å². The Morgan fingerprint density at radius 1 is 1.28 bits per heavy atom. The van der Waals surface area contributed by atoms with Gasteiger partial charge in [-0.1, -0.05) is 30.3 Å². The van der Waals surface area contributed by atoms with Gasteiger partial charge in [0.1, 0.15) is 5.60 Å². The summed E-state index contributed by atoms with van der Waals surface area (Å²) in [7, 11) is 0. The molecule has 1 aromatic carbocycles. The van der Waals surface area contributed by atoms with E-state index in [9.17, 15) is 5.11 Å². The summed E-state index contributed by atoms with van der Waals surface area (Å²) in [4.78, 5) is 2.44. The number of benzene rings is 1. The lowest BCUT2D eigenvalue weighted by atomic mass is 9.92. The molecule has 2 aliphatic rings. The molecule has 3 rings (SSSR count). The van der Waals surface area contributed by atoms with Gasteiger partial charge >= 0.3 is 0 Å². The topological polar surface area (TPSA) is 49.5 Å². The van der Waals surface area contributed by atoms with Crippen LogP contribution in [0.15, 0.2) is 30.3 Å². The number of hydrogen-bond acceptors (Lipinski definition) is 3. The Hall–Kier alpha value is -0.900. The molecule has 3 nitrogen and oxygen atoms in total. The first-order chi connectivity index (χ1) is 8.71. The number of β-amino-alcohol motifs (C(OH)–C–C–N with tert-alkyl or cyclic N) is 1. The third-order valence-corrected chi connectivity index (χ3v) is 4.64. The van der Waals surface area contributed by atoms with Crippen molar-refractivity contribution in [1.29, 1.82) is 0 Å². The molecule has 0 radical (unpaired) electrons. The van der Waals surface area contributed by atoms with Gasteiger partial charge in [-0.15, -0.1) is 0 Å². The van der Waals surface area contributed by atoms with Crippen LogP contribution >= 0.6 is 0 Å². The summed E-state index contributed by atoms with van der Waals surface area (Å²) in [5.74, 6) is 0.854. The number of likely N-dealkylation sites (tertiary alicyclic amines) is 1. The van der Waals surface area contributed by atoms with Crippen molar-refractivity contribution in [3.05, 3.63) is 35.9 Å². The van der Waals surface area contributed by atoms with Crippen molar-refractivity contribution in [3.8, 4) is 0 Å². The largest absolute Gasteiger partial charge is 0.382 e. The predicted octanol–water partition coefficient (Wildman–Crippen LogP) is 1.32. The molecule has 2 bridgehead atoms. The summed E-state index contributed by atoms with van der Waals surface area (Å²) in [6, 6.07) is 10.5. The van der Waals surface area contributed by atoms with E-state index in [1.54, 1.807) is 0 Å². The lowest BCUT2D eigenvalue weighted by Crippen LogP contribution is -2.48. The average Bonchev–Trinajstić information content (AvgIpc) is 3.02. The fourth-order valence-electron chi connectivity index (χ4n) is 3.58. The highest BCUT2D eigenvalue weighted by Gasteiger charge is 2.41. The molecule has 0 spiro atoms. The van der Waals surface area contributed by atoms with Gasteiger partial charge in [-0.05, 0) is 30.7 Å². The molecule has 2 fully saturated rings. The van der Waals surface area contributed by atoms with Crippen molar-refractivity contribution in [2.45, 2.75) is 30.9 Å². The van der Waals surface area contributed by atoms with Gasteiger partial charge in [-0.3, -0.25) is 4.90 Å². The molecule has 1 aliphatic heterocycles.